The van der Waals surface area contributed by atoms with E-state index in [1.165, 1.54) is 4.90 Å². The predicted octanol–water partition coefficient (Wildman–Crippen LogP) is 1.15. The Labute approximate surface area is 117 Å². The molecule has 0 aliphatic carbocycles. The van der Waals surface area contributed by atoms with Crippen LogP contribution >= 0.6 is 0 Å². The highest BCUT2D eigenvalue weighted by atomic mass is 16.6. The summed E-state index contributed by atoms with van der Waals surface area (Å²) in [5.74, 6) is 0.681. The number of carbonyl (C=O) groups is 1. The number of carbonyl (C=O) groups excluding carboxylic acids is 1. The van der Waals surface area contributed by atoms with Crippen molar-refractivity contribution >= 4 is 11.8 Å². The van der Waals surface area contributed by atoms with E-state index in [9.17, 15) is 4.79 Å². The molecule has 6 nitrogen and oxygen atoms in total. The number of benzene rings is 1. The highest BCUT2D eigenvalue weighted by Crippen LogP contribution is 2.24. The molecular weight excluding hydrogens is 262 g/mol. The van der Waals surface area contributed by atoms with Crippen LogP contribution in [0.15, 0.2) is 24.3 Å². The number of cyclic esters (lactones) is 1. The lowest BCUT2D eigenvalue weighted by Gasteiger charge is -2.14. The summed E-state index contributed by atoms with van der Waals surface area (Å²) in [6, 6.07) is 7.05. The van der Waals surface area contributed by atoms with Gasteiger partial charge in [0.05, 0.1) is 25.9 Å². The van der Waals surface area contributed by atoms with Gasteiger partial charge >= 0.3 is 6.09 Å². The molecule has 2 N–H and O–H groups in total. The number of amides is 1. The summed E-state index contributed by atoms with van der Waals surface area (Å²) in [6.45, 7) is 2.32. The molecule has 1 aliphatic rings. The highest BCUT2D eigenvalue weighted by Gasteiger charge is 2.31. The number of ether oxygens (including phenoxy) is 2. The number of aliphatic hydroxyl groups excluding tert-OH is 2. The van der Waals surface area contributed by atoms with Gasteiger partial charge in [-0.25, -0.2) is 4.79 Å². The first kappa shape index (κ1) is 14.6. The Morgan fingerprint density at radius 1 is 1.45 bits per heavy atom. The fourth-order valence-electron chi connectivity index (χ4n) is 1.90. The Balaban J connectivity index is 1.93. The van der Waals surface area contributed by atoms with Gasteiger partial charge in [0.25, 0.3) is 0 Å². The van der Waals surface area contributed by atoms with Crippen LogP contribution in [-0.4, -0.2) is 48.3 Å². The third-order valence-electron chi connectivity index (χ3n) is 3.03. The molecule has 6 heteroatoms. The molecule has 110 valence electrons. The first-order chi connectivity index (χ1) is 9.60. The van der Waals surface area contributed by atoms with Crippen molar-refractivity contribution in [1.82, 2.24) is 0 Å². The minimum Gasteiger partial charge on any atom is -0.493 e. The Morgan fingerprint density at radius 2 is 2.15 bits per heavy atom. The van der Waals surface area contributed by atoms with Crippen molar-refractivity contribution in [2.24, 2.45) is 0 Å². The molecule has 1 unspecified atom stereocenters. The van der Waals surface area contributed by atoms with E-state index in [-0.39, 0.29) is 12.7 Å². The van der Waals surface area contributed by atoms with Crippen molar-refractivity contribution < 1.29 is 24.5 Å². The SMILES string of the molecule is C[C@@H](O)CCOc1ccc(N2CC(CO)OC2=O)cc1. The highest BCUT2D eigenvalue weighted by molar-refractivity contribution is 5.89. The number of hydrogen-bond donors (Lipinski definition) is 2. The fraction of sp³-hybridized carbons (Fsp3) is 0.500. The average Bonchev–Trinajstić information content (AvgIpc) is 2.80. The molecule has 20 heavy (non-hydrogen) atoms. The van der Waals surface area contributed by atoms with Crippen LogP contribution in [0.2, 0.25) is 0 Å². The maximum absolute atomic E-state index is 11.6. The summed E-state index contributed by atoms with van der Waals surface area (Å²) in [7, 11) is 0. The average molecular weight is 281 g/mol. The van der Waals surface area contributed by atoms with Crippen LogP contribution in [0.25, 0.3) is 0 Å². The van der Waals surface area contributed by atoms with Crippen LogP contribution in [0.5, 0.6) is 5.75 Å². The topological polar surface area (TPSA) is 79.2 Å². The second kappa shape index (κ2) is 6.58. The lowest BCUT2D eigenvalue weighted by molar-refractivity contribution is 0.0963. The Bertz CT molecular complexity index is 445. The normalized spacial score (nSPS) is 19.9. The van der Waals surface area contributed by atoms with Gasteiger partial charge in [0, 0.05) is 12.1 Å². The number of hydrogen-bond acceptors (Lipinski definition) is 5. The number of aliphatic hydroxyl groups is 2. The molecule has 1 aromatic rings. The van der Waals surface area contributed by atoms with Gasteiger partial charge in [0.1, 0.15) is 11.9 Å². The maximum atomic E-state index is 11.6. The summed E-state index contributed by atoms with van der Waals surface area (Å²) >= 11 is 0. The number of anilines is 1. The Morgan fingerprint density at radius 3 is 2.70 bits per heavy atom. The van der Waals surface area contributed by atoms with E-state index in [1.54, 1.807) is 31.2 Å². The van der Waals surface area contributed by atoms with Gasteiger partial charge in [-0.15, -0.1) is 0 Å². The van der Waals surface area contributed by atoms with E-state index in [2.05, 4.69) is 0 Å². The van der Waals surface area contributed by atoms with Crippen molar-refractivity contribution in [1.29, 1.82) is 0 Å². The van der Waals surface area contributed by atoms with Gasteiger partial charge in [-0.2, -0.15) is 0 Å². The zero-order valence-corrected chi connectivity index (χ0v) is 11.4. The summed E-state index contributed by atoms with van der Waals surface area (Å²) in [6.07, 6.45) is -0.737. The zero-order valence-electron chi connectivity index (χ0n) is 11.4. The standard InChI is InChI=1S/C14H19NO5/c1-10(17)6-7-19-12-4-2-11(3-5-12)15-8-13(9-16)20-14(15)18/h2-5,10,13,16-17H,6-9H2,1H3/t10-,13?/m1/s1. The molecule has 1 fully saturated rings. The van der Waals surface area contributed by atoms with Crippen molar-refractivity contribution in [2.45, 2.75) is 25.6 Å². The van der Waals surface area contributed by atoms with Crippen molar-refractivity contribution in [3.8, 4) is 5.75 Å². The van der Waals surface area contributed by atoms with Crippen LogP contribution in [0.1, 0.15) is 13.3 Å². The van der Waals surface area contributed by atoms with Gasteiger partial charge in [-0.05, 0) is 31.2 Å². The minimum atomic E-state index is -0.468. The Kier molecular flexibility index (Phi) is 4.81. The van der Waals surface area contributed by atoms with Crippen LogP contribution in [-0.2, 0) is 4.74 Å². The molecular formula is C14H19NO5. The van der Waals surface area contributed by atoms with Gasteiger partial charge in [-0.3, -0.25) is 4.90 Å². The zero-order chi connectivity index (χ0) is 14.5. The minimum absolute atomic E-state index is 0.178. The third kappa shape index (κ3) is 3.61. The molecule has 1 aromatic carbocycles. The Hall–Kier alpha value is -1.79. The van der Waals surface area contributed by atoms with Crippen LogP contribution < -0.4 is 9.64 Å². The third-order valence-corrected chi connectivity index (χ3v) is 3.03. The molecule has 2 rings (SSSR count). The molecule has 1 aliphatic heterocycles. The lowest BCUT2D eigenvalue weighted by Crippen LogP contribution is -2.25. The van der Waals surface area contributed by atoms with Gasteiger partial charge in [0.15, 0.2) is 0 Å². The first-order valence-corrected chi connectivity index (χ1v) is 6.60. The van der Waals surface area contributed by atoms with E-state index >= 15 is 0 Å². The summed E-state index contributed by atoms with van der Waals surface area (Å²) in [5, 5.41) is 18.1. The van der Waals surface area contributed by atoms with E-state index in [0.717, 1.165) is 0 Å². The molecule has 0 radical (unpaired) electrons. The number of nitrogens with zero attached hydrogens (tertiary/aromatic N) is 1. The summed E-state index contributed by atoms with van der Waals surface area (Å²) < 4.78 is 10.4. The largest absolute Gasteiger partial charge is 0.493 e. The molecule has 0 spiro atoms. The van der Waals surface area contributed by atoms with Crippen LogP contribution in [0.3, 0.4) is 0 Å². The summed E-state index contributed by atoms with van der Waals surface area (Å²) in [4.78, 5) is 13.1. The number of rotatable bonds is 6. The van der Waals surface area contributed by atoms with Crippen LogP contribution in [0, 0.1) is 0 Å². The van der Waals surface area contributed by atoms with E-state index < -0.39 is 12.2 Å². The molecule has 1 heterocycles. The van der Waals surface area contributed by atoms with Gasteiger partial charge in [-0.1, -0.05) is 0 Å². The molecule has 1 saturated heterocycles. The van der Waals surface area contributed by atoms with Crippen LogP contribution in [0.4, 0.5) is 10.5 Å². The van der Waals surface area contributed by atoms with E-state index in [0.29, 0.717) is 31.0 Å². The monoisotopic (exact) mass is 281 g/mol. The molecule has 2 atom stereocenters. The second-order valence-electron chi connectivity index (χ2n) is 4.78. The molecule has 0 saturated carbocycles. The smallest absolute Gasteiger partial charge is 0.414 e. The maximum Gasteiger partial charge on any atom is 0.414 e. The van der Waals surface area contributed by atoms with Crippen molar-refractivity contribution in [2.75, 3.05) is 24.7 Å². The van der Waals surface area contributed by atoms with Gasteiger partial charge in [0.2, 0.25) is 0 Å². The van der Waals surface area contributed by atoms with Crippen molar-refractivity contribution in [3.63, 3.8) is 0 Å². The quantitative estimate of drug-likeness (QED) is 0.818. The second-order valence-corrected chi connectivity index (χ2v) is 4.78. The lowest BCUT2D eigenvalue weighted by atomic mass is 10.2. The molecule has 0 aromatic heterocycles. The van der Waals surface area contributed by atoms with Gasteiger partial charge < -0.3 is 19.7 Å². The molecule has 0 bridgehead atoms. The first-order valence-electron chi connectivity index (χ1n) is 6.60. The summed E-state index contributed by atoms with van der Waals surface area (Å²) in [5.41, 5.74) is 0.703. The van der Waals surface area contributed by atoms with E-state index in [4.69, 9.17) is 19.7 Å². The molecule has 1 amide bonds. The predicted molar refractivity (Wildman–Crippen MR) is 72.9 cm³/mol. The van der Waals surface area contributed by atoms with E-state index in [1.807, 2.05) is 0 Å². The fourth-order valence-corrected chi connectivity index (χ4v) is 1.90. The van der Waals surface area contributed by atoms with Crippen molar-refractivity contribution in [3.05, 3.63) is 24.3 Å².